The average molecular weight is 363 g/mol. The smallest absolute Gasteiger partial charge is 1.00 e. The molecule has 0 spiro atoms. The SMILES string of the molecule is CC[N+](CC)(CC)CC.O=[CH][Cr]([CH]=O)([CH]=O)([CH]=O)[CH]=O.[Cl-]. The monoisotopic (exact) mass is 362 g/mol. The quantitative estimate of drug-likeness (QED) is 0.335. The molecule has 0 bridgehead atoms. The Morgan fingerprint density at radius 1 is 0.619 bits per heavy atom. The van der Waals surface area contributed by atoms with Crippen molar-refractivity contribution in [3.05, 3.63) is 0 Å². The van der Waals surface area contributed by atoms with Gasteiger partial charge in [0.05, 0.1) is 26.2 Å². The van der Waals surface area contributed by atoms with Crippen molar-refractivity contribution >= 4 is 25.7 Å². The summed E-state index contributed by atoms with van der Waals surface area (Å²) >= 11 is -4.99. The van der Waals surface area contributed by atoms with Gasteiger partial charge in [-0.2, -0.15) is 0 Å². The zero-order chi connectivity index (χ0) is 16.3. The first kappa shape index (κ1) is 25.1. The molecular formula is C13H25ClCrNO5. The maximum Gasteiger partial charge on any atom is -1.00 e. The van der Waals surface area contributed by atoms with Gasteiger partial charge < -0.3 is 16.9 Å². The van der Waals surface area contributed by atoms with Crippen LogP contribution in [0.2, 0.25) is 0 Å². The van der Waals surface area contributed by atoms with Crippen LogP contribution in [-0.2, 0) is 36.0 Å². The number of hydrogen-bond donors (Lipinski definition) is 0. The Labute approximate surface area is 132 Å². The van der Waals surface area contributed by atoms with Crippen LogP contribution in [-0.4, -0.2) is 56.4 Å². The van der Waals surface area contributed by atoms with E-state index in [0.717, 1.165) is 0 Å². The minimum Gasteiger partial charge on any atom is -1.00 e. The Hall–Kier alpha value is -0.868. The second-order valence-corrected chi connectivity index (χ2v) is 10.2. The number of hydrogen-bond acceptors (Lipinski definition) is 5. The Morgan fingerprint density at radius 3 is 0.810 bits per heavy atom. The summed E-state index contributed by atoms with van der Waals surface area (Å²) in [7, 11) is 0. The van der Waals surface area contributed by atoms with E-state index in [1.807, 2.05) is 0 Å². The molecule has 0 rings (SSSR count). The van der Waals surface area contributed by atoms with Crippen molar-refractivity contribution < 1.29 is 52.9 Å². The van der Waals surface area contributed by atoms with Gasteiger partial charge in [-0.3, -0.25) is 0 Å². The Kier molecular flexibility index (Phi) is 12.9. The maximum absolute atomic E-state index is 10.2. The maximum atomic E-state index is 10.2. The van der Waals surface area contributed by atoms with E-state index in [1.165, 1.54) is 30.7 Å². The fourth-order valence-electron chi connectivity index (χ4n) is 1.57. The van der Waals surface area contributed by atoms with E-state index in [4.69, 9.17) is 0 Å². The van der Waals surface area contributed by atoms with Crippen molar-refractivity contribution in [2.45, 2.75) is 27.7 Å². The van der Waals surface area contributed by atoms with Gasteiger partial charge in [0.1, 0.15) is 0 Å². The summed E-state index contributed by atoms with van der Waals surface area (Å²) in [5.41, 5.74) is 0. The third-order valence-electron chi connectivity index (χ3n) is 3.79. The van der Waals surface area contributed by atoms with E-state index >= 15 is 0 Å². The number of carbonyl (C=O) groups excluding carboxylic acids is 5. The number of carbonyl (C=O) groups is 5. The molecule has 0 heterocycles. The fraction of sp³-hybridized carbons (Fsp3) is 0.615. The van der Waals surface area contributed by atoms with Crippen molar-refractivity contribution in [1.29, 1.82) is 0 Å². The summed E-state index contributed by atoms with van der Waals surface area (Å²) in [6.07, 6.45) is 0. The van der Waals surface area contributed by atoms with Gasteiger partial charge in [-0.05, 0) is 27.7 Å². The van der Waals surface area contributed by atoms with Gasteiger partial charge in [0.15, 0.2) is 0 Å². The van der Waals surface area contributed by atoms with Crippen LogP contribution in [0.4, 0.5) is 0 Å². The Balaban J connectivity index is -0.000000300. The number of rotatable bonds is 9. The molecule has 8 heteroatoms. The van der Waals surface area contributed by atoms with Crippen LogP contribution >= 0.6 is 0 Å². The van der Waals surface area contributed by atoms with Gasteiger partial charge in [-0.25, -0.2) is 0 Å². The van der Waals surface area contributed by atoms with Gasteiger partial charge in [0.2, 0.25) is 0 Å². The summed E-state index contributed by atoms with van der Waals surface area (Å²) in [5, 5.41) is -0.625. The molecule has 0 aliphatic carbocycles. The van der Waals surface area contributed by atoms with Crippen LogP contribution in [0.1, 0.15) is 27.7 Å². The molecule has 0 amide bonds. The molecule has 21 heavy (non-hydrogen) atoms. The van der Waals surface area contributed by atoms with E-state index in [-0.39, 0.29) is 38.1 Å². The topological polar surface area (TPSA) is 85.3 Å². The summed E-state index contributed by atoms with van der Waals surface area (Å²) in [4.78, 5) is 51.1. The number of halogens is 1. The van der Waals surface area contributed by atoms with Crippen LogP contribution in [0.5, 0.6) is 0 Å². The van der Waals surface area contributed by atoms with Crippen LogP contribution in [0, 0.1) is 0 Å². The normalized spacial score (nSPS) is 12.3. The molecule has 0 aliphatic rings. The van der Waals surface area contributed by atoms with Crippen molar-refractivity contribution in [3.63, 3.8) is 0 Å². The van der Waals surface area contributed by atoms with Crippen molar-refractivity contribution in [2.75, 3.05) is 26.2 Å². The van der Waals surface area contributed by atoms with E-state index in [9.17, 15) is 24.0 Å². The molecular weight excluding hydrogens is 338 g/mol. The van der Waals surface area contributed by atoms with Gasteiger partial charge >= 0.3 is 61.7 Å². The Morgan fingerprint density at radius 2 is 0.810 bits per heavy atom. The zero-order valence-corrected chi connectivity index (χ0v) is 15.0. The van der Waals surface area contributed by atoms with E-state index < -0.39 is 12.0 Å². The molecule has 0 aromatic carbocycles. The van der Waals surface area contributed by atoms with Crippen molar-refractivity contribution in [2.24, 2.45) is 0 Å². The van der Waals surface area contributed by atoms with Crippen LogP contribution < -0.4 is 12.4 Å². The van der Waals surface area contributed by atoms with Crippen molar-refractivity contribution in [1.82, 2.24) is 0 Å². The van der Waals surface area contributed by atoms with Gasteiger partial charge in [0, 0.05) is 0 Å². The van der Waals surface area contributed by atoms with E-state index in [1.54, 1.807) is 0 Å². The third-order valence-corrected chi connectivity index (χ3v) is 7.26. The molecule has 0 unspecified atom stereocenters. The third kappa shape index (κ3) is 5.79. The molecule has 0 radical (unpaired) electrons. The molecule has 0 aromatic rings. The molecule has 0 aliphatic heterocycles. The molecule has 0 fully saturated rings. The minimum absolute atomic E-state index is 0. The molecule has 0 atom stereocenters. The predicted molar refractivity (Wildman–Crippen MR) is 76.2 cm³/mol. The second-order valence-electron chi connectivity index (χ2n) is 4.45. The van der Waals surface area contributed by atoms with E-state index in [0.29, 0.717) is 0 Å². The van der Waals surface area contributed by atoms with Gasteiger partial charge in [-0.15, -0.1) is 0 Å². The van der Waals surface area contributed by atoms with Gasteiger partial charge in [0.25, 0.3) is 0 Å². The van der Waals surface area contributed by atoms with Crippen LogP contribution in [0.3, 0.4) is 0 Å². The molecule has 6 nitrogen and oxygen atoms in total. The summed E-state index contributed by atoms with van der Waals surface area (Å²) in [5.74, 6) is 0. The number of nitrogens with zero attached hydrogens (tertiary/aromatic N) is 1. The summed E-state index contributed by atoms with van der Waals surface area (Å²) < 4.78 is 1.28. The summed E-state index contributed by atoms with van der Waals surface area (Å²) in [6.45, 7) is 14.2. The van der Waals surface area contributed by atoms with Crippen LogP contribution in [0.25, 0.3) is 0 Å². The first-order chi connectivity index (χ1) is 9.36. The average Bonchev–Trinajstić information content (AvgIpc) is 2.55. The standard InChI is InChI=1S/C8H20N.5CHO.ClH.Cr/c1-5-9(6-2,7-3)8-4;5*1-2;;/h5-8H2,1-4H3;5*1H;1H;/q+1;;;;;;;/p-1. The van der Waals surface area contributed by atoms with Gasteiger partial charge in [-0.1, -0.05) is 0 Å². The largest absolute Gasteiger partial charge is 1.00 e. The fourth-order valence-corrected chi connectivity index (χ4v) is 2.28. The van der Waals surface area contributed by atoms with Crippen LogP contribution in [0.15, 0.2) is 0 Å². The second kappa shape index (κ2) is 10.8. The van der Waals surface area contributed by atoms with Crippen molar-refractivity contribution in [3.8, 4) is 0 Å². The zero-order valence-electron chi connectivity index (χ0n) is 13.0. The minimum atomic E-state index is -4.99. The predicted octanol–water partition coefficient (Wildman–Crippen LogP) is -2.49. The molecule has 0 N–H and O–H groups in total. The first-order valence-corrected chi connectivity index (χ1v) is 10.1. The molecule has 0 aromatic heterocycles. The Bertz CT molecular complexity index is 290. The number of quaternary nitrogens is 1. The first-order valence-electron chi connectivity index (χ1n) is 6.45. The summed E-state index contributed by atoms with van der Waals surface area (Å²) in [6, 6.07) is 0. The molecule has 125 valence electrons. The molecule has 0 saturated carbocycles. The molecule has 0 saturated heterocycles. The van der Waals surface area contributed by atoms with E-state index in [2.05, 4.69) is 27.7 Å².